The summed E-state index contributed by atoms with van der Waals surface area (Å²) in [6.45, 7) is 1.24. The Kier molecular flexibility index (Phi) is 4.18. The van der Waals surface area contributed by atoms with Gasteiger partial charge in [0.05, 0.1) is 12.5 Å². The van der Waals surface area contributed by atoms with Gasteiger partial charge in [0.25, 0.3) is 0 Å². The van der Waals surface area contributed by atoms with E-state index in [9.17, 15) is 4.39 Å². The number of hydrogen-bond acceptors (Lipinski definition) is 3. The van der Waals surface area contributed by atoms with E-state index in [2.05, 4.69) is 4.98 Å². The fourth-order valence-electron chi connectivity index (χ4n) is 1.81. The highest BCUT2D eigenvalue weighted by Crippen LogP contribution is 2.32. The van der Waals surface area contributed by atoms with Crippen molar-refractivity contribution >= 4 is 17.4 Å². The third-order valence-corrected chi connectivity index (χ3v) is 3.18. The molecule has 3 nitrogen and oxygen atoms in total. The Hall–Kier alpha value is -0.870. The fourth-order valence-corrected chi connectivity index (χ4v) is 2.02. The van der Waals surface area contributed by atoms with E-state index in [1.165, 1.54) is 0 Å². The van der Waals surface area contributed by atoms with Crippen LogP contribution in [0.25, 0.3) is 0 Å². The van der Waals surface area contributed by atoms with Crippen LogP contribution in [0, 0.1) is 5.82 Å². The lowest BCUT2D eigenvalue weighted by molar-refractivity contribution is 0.204. The first-order valence-corrected chi connectivity index (χ1v) is 6.26. The van der Waals surface area contributed by atoms with Gasteiger partial charge in [-0.15, -0.1) is 11.6 Å². The number of pyridine rings is 1. The molecule has 0 unspecified atom stereocenters. The first-order valence-electron chi connectivity index (χ1n) is 5.73. The predicted molar refractivity (Wildman–Crippen MR) is 66.0 cm³/mol. The van der Waals surface area contributed by atoms with Crippen molar-refractivity contribution in [3.63, 3.8) is 0 Å². The van der Waals surface area contributed by atoms with Gasteiger partial charge in [0.2, 0.25) is 0 Å². The minimum Gasteiger partial charge on any atom is -0.383 e. The molecule has 94 valence electrons. The van der Waals surface area contributed by atoms with E-state index < -0.39 is 0 Å². The quantitative estimate of drug-likeness (QED) is 0.734. The molecule has 0 bridgehead atoms. The minimum absolute atomic E-state index is 0.171. The number of aromatic nitrogens is 1. The Morgan fingerprint density at radius 1 is 1.59 bits per heavy atom. The van der Waals surface area contributed by atoms with Crippen molar-refractivity contribution in [1.82, 2.24) is 4.98 Å². The summed E-state index contributed by atoms with van der Waals surface area (Å²) < 4.78 is 19.2. The highest BCUT2D eigenvalue weighted by Gasteiger charge is 2.31. The van der Waals surface area contributed by atoms with E-state index in [0.717, 1.165) is 12.8 Å². The van der Waals surface area contributed by atoms with Crippen LogP contribution in [0.2, 0.25) is 0 Å². The number of hydrogen-bond donors (Lipinski definition) is 0. The molecule has 2 rings (SSSR count). The van der Waals surface area contributed by atoms with Gasteiger partial charge in [-0.3, -0.25) is 0 Å². The maximum Gasteiger partial charge on any atom is 0.170 e. The van der Waals surface area contributed by atoms with Crippen LogP contribution in [0.15, 0.2) is 12.3 Å². The third kappa shape index (κ3) is 2.87. The number of rotatable bonds is 6. The van der Waals surface area contributed by atoms with E-state index in [0.29, 0.717) is 30.6 Å². The number of methoxy groups -OCH3 is 1. The van der Waals surface area contributed by atoms with E-state index in [1.54, 1.807) is 19.4 Å². The summed E-state index contributed by atoms with van der Waals surface area (Å²) in [6, 6.07) is 2.02. The fraction of sp³-hybridized carbons (Fsp3) is 0.583. The SMILES string of the molecule is COCCN(c1nccc(CCl)c1F)C1CC1. The number of nitrogens with zero attached hydrogens (tertiary/aromatic N) is 2. The van der Waals surface area contributed by atoms with Crippen LogP contribution in [0.1, 0.15) is 18.4 Å². The summed E-state index contributed by atoms with van der Waals surface area (Å²) in [7, 11) is 1.64. The first kappa shape index (κ1) is 12.6. The standard InChI is InChI=1S/C12H16ClFN2O/c1-17-7-6-16(10-2-3-10)12-11(14)9(8-13)4-5-15-12/h4-5,10H,2-3,6-8H2,1H3. The van der Waals surface area contributed by atoms with Crippen molar-refractivity contribution in [2.75, 3.05) is 25.2 Å². The summed E-state index contributed by atoms with van der Waals surface area (Å²) in [5, 5.41) is 0. The average Bonchev–Trinajstić information content (AvgIpc) is 3.16. The zero-order valence-electron chi connectivity index (χ0n) is 9.83. The van der Waals surface area contributed by atoms with Gasteiger partial charge in [-0.1, -0.05) is 0 Å². The summed E-state index contributed by atoms with van der Waals surface area (Å²) in [4.78, 5) is 6.12. The lowest BCUT2D eigenvalue weighted by Gasteiger charge is -2.24. The Labute approximate surface area is 106 Å². The van der Waals surface area contributed by atoms with Crippen LogP contribution in [0.3, 0.4) is 0 Å². The highest BCUT2D eigenvalue weighted by molar-refractivity contribution is 6.17. The second-order valence-corrected chi connectivity index (χ2v) is 4.43. The molecule has 1 fully saturated rings. The van der Waals surface area contributed by atoms with Crippen molar-refractivity contribution in [1.29, 1.82) is 0 Å². The van der Waals surface area contributed by atoms with Crippen molar-refractivity contribution in [3.05, 3.63) is 23.6 Å². The molecule has 0 atom stereocenters. The Bertz CT molecular complexity index is 385. The van der Waals surface area contributed by atoms with Crippen LogP contribution in [-0.4, -0.2) is 31.3 Å². The average molecular weight is 259 g/mol. The number of halogens is 2. The van der Waals surface area contributed by atoms with Crippen molar-refractivity contribution in [3.8, 4) is 0 Å². The molecular formula is C12H16ClFN2O. The number of alkyl halides is 1. The maximum absolute atomic E-state index is 14.1. The molecule has 1 heterocycles. The first-order chi connectivity index (χ1) is 8.27. The molecule has 17 heavy (non-hydrogen) atoms. The van der Waals surface area contributed by atoms with Crippen molar-refractivity contribution in [2.45, 2.75) is 24.8 Å². The van der Waals surface area contributed by atoms with Gasteiger partial charge in [0.1, 0.15) is 0 Å². The second kappa shape index (κ2) is 5.65. The summed E-state index contributed by atoms with van der Waals surface area (Å²) in [5.74, 6) is 0.276. The van der Waals surface area contributed by atoms with Gasteiger partial charge >= 0.3 is 0 Å². The molecule has 0 aliphatic heterocycles. The largest absolute Gasteiger partial charge is 0.383 e. The lowest BCUT2D eigenvalue weighted by Crippen LogP contribution is -2.31. The Morgan fingerprint density at radius 2 is 2.35 bits per heavy atom. The van der Waals surface area contributed by atoms with Crippen LogP contribution in [0.4, 0.5) is 10.2 Å². The lowest BCUT2D eigenvalue weighted by atomic mass is 10.2. The Morgan fingerprint density at radius 3 is 2.94 bits per heavy atom. The van der Waals surface area contributed by atoms with E-state index in [-0.39, 0.29) is 11.7 Å². The molecule has 1 aliphatic carbocycles. The number of anilines is 1. The summed E-state index contributed by atoms with van der Waals surface area (Å²) in [5.41, 5.74) is 0.500. The zero-order chi connectivity index (χ0) is 12.3. The van der Waals surface area contributed by atoms with E-state index >= 15 is 0 Å². The molecule has 0 aromatic carbocycles. The van der Waals surface area contributed by atoms with Gasteiger partial charge in [0.15, 0.2) is 11.6 Å². The zero-order valence-corrected chi connectivity index (χ0v) is 10.6. The van der Waals surface area contributed by atoms with Gasteiger partial charge < -0.3 is 9.64 Å². The predicted octanol–water partition coefficient (Wildman–Crippen LogP) is 2.57. The monoisotopic (exact) mass is 258 g/mol. The molecule has 0 radical (unpaired) electrons. The molecule has 0 N–H and O–H groups in total. The molecule has 0 spiro atoms. The van der Waals surface area contributed by atoms with Gasteiger partial charge in [-0.2, -0.15) is 0 Å². The van der Waals surface area contributed by atoms with Crippen LogP contribution in [0.5, 0.6) is 0 Å². The molecule has 1 aliphatic rings. The second-order valence-electron chi connectivity index (χ2n) is 4.16. The van der Waals surface area contributed by atoms with Crippen LogP contribution in [-0.2, 0) is 10.6 Å². The topological polar surface area (TPSA) is 25.4 Å². The molecule has 0 saturated heterocycles. The molecular weight excluding hydrogens is 243 g/mol. The molecule has 1 aromatic heterocycles. The van der Waals surface area contributed by atoms with E-state index in [1.807, 2.05) is 4.90 Å². The maximum atomic E-state index is 14.1. The molecule has 0 amide bonds. The molecule has 5 heteroatoms. The third-order valence-electron chi connectivity index (χ3n) is 2.89. The van der Waals surface area contributed by atoms with Gasteiger partial charge in [-0.05, 0) is 18.9 Å². The van der Waals surface area contributed by atoms with Gasteiger partial charge in [-0.25, -0.2) is 9.37 Å². The summed E-state index contributed by atoms with van der Waals surface area (Å²) in [6.07, 6.45) is 3.80. The van der Waals surface area contributed by atoms with Crippen molar-refractivity contribution in [2.24, 2.45) is 0 Å². The van der Waals surface area contributed by atoms with Crippen molar-refractivity contribution < 1.29 is 9.13 Å². The highest BCUT2D eigenvalue weighted by atomic mass is 35.5. The Balaban J connectivity index is 2.22. The molecule has 1 aromatic rings. The normalized spacial score (nSPS) is 15.0. The smallest absolute Gasteiger partial charge is 0.170 e. The van der Waals surface area contributed by atoms with Gasteiger partial charge in [0, 0.05) is 31.5 Å². The van der Waals surface area contributed by atoms with Crippen LogP contribution < -0.4 is 4.90 Å². The minimum atomic E-state index is -0.300. The number of ether oxygens (including phenoxy) is 1. The molecule has 1 saturated carbocycles. The van der Waals surface area contributed by atoms with E-state index in [4.69, 9.17) is 16.3 Å². The van der Waals surface area contributed by atoms with Crippen LogP contribution >= 0.6 is 11.6 Å². The summed E-state index contributed by atoms with van der Waals surface area (Å²) >= 11 is 5.70.